The Bertz CT molecular complexity index is 1080. The van der Waals surface area contributed by atoms with E-state index in [1.54, 1.807) is 10.6 Å². The molecule has 0 saturated carbocycles. The smallest absolute Gasteiger partial charge is 0.268 e. The predicted molar refractivity (Wildman–Crippen MR) is 103 cm³/mol. The van der Waals surface area contributed by atoms with Gasteiger partial charge in [-0.25, -0.2) is 4.52 Å². The molecule has 0 fully saturated rings. The van der Waals surface area contributed by atoms with Crippen LogP contribution in [0.25, 0.3) is 16.2 Å². The molecule has 0 aliphatic heterocycles. The number of anilines is 2. The minimum absolute atomic E-state index is 0.113. The Kier molecular flexibility index (Phi) is 4.23. The third-order valence-corrected chi connectivity index (χ3v) is 5.24. The molecule has 4 aromatic rings. The SMILES string of the molecule is CC(=O)Nc1ccc(-c2csc3nc(NC(=O)c4cccs4)nn23)cc1. The lowest BCUT2D eigenvalue weighted by molar-refractivity contribution is -0.114. The van der Waals surface area contributed by atoms with Crippen LogP contribution in [0.2, 0.25) is 0 Å². The van der Waals surface area contributed by atoms with Gasteiger partial charge in [-0.3, -0.25) is 14.9 Å². The average Bonchev–Trinajstić information content (AvgIpc) is 3.31. The highest BCUT2D eigenvalue weighted by atomic mass is 32.1. The van der Waals surface area contributed by atoms with Crippen LogP contribution in [0.15, 0.2) is 47.2 Å². The normalized spacial score (nSPS) is 10.8. The van der Waals surface area contributed by atoms with Crippen LogP contribution in [0.5, 0.6) is 0 Å². The van der Waals surface area contributed by atoms with E-state index >= 15 is 0 Å². The van der Waals surface area contributed by atoms with Gasteiger partial charge in [-0.15, -0.1) is 27.8 Å². The Morgan fingerprint density at radius 2 is 1.88 bits per heavy atom. The van der Waals surface area contributed by atoms with Crippen LogP contribution in [0.1, 0.15) is 16.6 Å². The van der Waals surface area contributed by atoms with Gasteiger partial charge in [-0.05, 0) is 23.6 Å². The maximum atomic E-state index is 12.1. The number of aromatic nitrogens is 3. The third-order valence-electron chi connectivity index (χ3n) is 3.55. The van der Waals surface area contributed by atoms with Crippen molar-refractivity contribution in [1.29, 1.82) is 0 Å². The van der Waals surface area contributed by atoms with E-state index in [0.29, 0.717) is 9.84 Å². The predicted octanol–water partition coefficient (Wildman–Crippen LogP) is 3.73. The van der Waals surface area contributed by atoms with Crippen molar-refractivity contribution in [2.75, 3.05) is 10.6 Å². The van der Waals surface area contributed by atoms with Gasteiger partial charge in [0.2, 0.25) is 10.9 Å². The summed E-state index contributed by atoms with van der Waals surface area (Å²) in [5.41, 5.74) is 2.53. The molecule has 1 aromatic carbocycles. The number of hydrogen-bond donors (Lipinski definition) is 2. The molecule has 3 aromatic heterocycles. The molecule has 0 atom stereocenters. The number of thiazole rings is 1. The van der Waals surface area contributed by atoms with Gasteiger partial charge in [0, 0.05) is 23.6 Å². The van der Waals surface area contributed by atoms with Crippen LogP contribution in [0.3, 0.4) is 0 Å². The van der Waals surface area contributed by atoms with E-state index in [1.165, 1.54) is 29.6 Å². The highest BCUT2D eigenvalue weighted by Crippen LogP contribution is 2.27. The molecule has 0 radical (unpaired) electrons. The van der Waals surface area contributed by atoms with Crippen molar-refractivity contribution in [3.8, 4) is 11.3 Å². The van der Waals surface area contributed by atoms with Crippen LogP contribution in [0.4, 0.5) is 11.6 Å². The first-order valence-corrected chi connectivity index (χ1v) is 9.43. The monoisotopic (exact) mass is 383 g/mol. The summed E-state index contributed by atoms with van der Waals surface area (Å²) < 4.78 is 1.70. The number of thiophene rings is 1. The van der Waals surface area contributed by atoms with Gasteiger partial charge in [-0.2, -0.15) is 4.98 Å². The van der Waals surface area contributed by atoms with Gasteiger partial charge in [0.05, 0.1) is 10.6 Å². The van der Waals surface area contributed by atoms with Crippen LogP contribution in [0, 0.1) is 0 Å². The second-order valence-electron chi connectivity index (χ2n) is 5.44. The Morgan fingerprint density at radius 3 is 2.58 bits per heavy atom. The zero-order valence-electron chi connectivity index (χ0n) is 13.6. The van der Waals surface area contributed by atoms with E-state index in [0.717, 1.165) is 16.9 Å². The number of fused-ring (bicyclic) bond motifs is 1. The van der Waals surface area contributed by atoms with E-state index < -0.39 is 0 Å². The maximum absolute atomic E-state index is 12.1. The minimum Gasteiger partial charge on any atom is -0.326 e. The van der Waals surface area contributed by atoms with Gasteiger partial charge < -0.3 is 5.32 Å². The summed E-state index contributed by atoms with van der Waals surface area (Å²) in [6.45, 7) is 1.47. The zero-order valence-corrected chi connectivity index (χ0v) is 15.2. The van der Waals surface area contributed by atoms with Crippen molar-refractivity contribution in [3.63, 3.8) is 0 Å². The summed E-state index contributed by atoms with van der Waals surface area (Å²) >= 11 is 2.80. The number of amides is 2. The van der Waals surface area contributed by atoms with E-state index in [9.17, 15) is 9.59 Å². The Labute approximate surface area is 156 Å². The van der Waals surface area contributed by atoms with Crippen LogP contribution >= 0.6 is 22.7 Å². The summed E-state index contributed by atoms with van der Waals surface area (Å²) in [6, 6.07) is 11.0. The molecule has 2 N–H and O–H groups in total. The number of nitrogens with one attached hydrogen (secondary N) is 2. The topological polar surface area (TPSA) is 88.4 Å². The Hall–Kier alpha value is -3.04. The van der Waals surface area contributed by atoms with Crippen molar-refractivity contribution in [2.24, 2.45) is 0 Å². The molecule has 3 heterocycles. The quantitative estimate of drug-likeness (QED) is 0.562. The number of rotatable bonds is 4. The Morgan fingerprint density at radius 1 is 1.08 bits per heavy atom. The molecular weight excluding hydrogens is 370 g/mol. The lowest BCUT2D eigenvalue weighted by Gasteiger charge is -2.03. The van der Waals surface area contributed by atoms with Crippen LogP contribution in [-0.4, -0.2) is 26.4 Å². The van der Waals surface area contributed by atoms with Gasteiger partial charge >= 0.3 is 0 Å². The molecular formula is C17H13N5O2S2. The van der Waals surface area contributed by atoms with Crippen molar-refractivity contribution in [2.45, 2.75) is 6.92 Å². The van der Waals surface area contributed by atoms with Crippen LogP contribution in [-0.2, 0) is 4.79 Å². The fourth-order valence-electron chi connectivity index (χ4n) is 2.43. The number of benzene rings is 1. The number of carbonyl (C=O) groups excluding carboxylic acids is 2. The second kappa shape index (κ2) is 6.70. The summed E-state index contributed by atoms with van der Waals surface area (Å²) in [4.78, 5) is 28.9. The van der Waals surface area contributed by atoms with Gasteiger partial charge in [-0.1, -0.05) is 18.2 Å². The molecule has 0 spiro atoms. The highest BCUT2D eigenvalue weighted by Gasteiger charge is 2.14. The molecule has 0 bridgehead atoms. The standard InChI is InChI=1S/C17H13N5O2S2/c1-10(23)18-12-6-4-11(5-7-12)13-9-26-17-20-16(21-22(13)17)19-15(24)14-3-2-8-25-14/h2-9H,1H3,(H,18,23)(H,19,21,24). The third kappa shape index (κ3) is 3.22. The molecule has 26 heavy (non-hydrogen) atoms. The largest absolute Gasteiger partial charge is 0.326 e. The van der Waals surface area contributed by atoms with Crippen LogP contribution < -0.4 is 10.6 Å². The molecule has 0 unspecified atom stereocenters. The van der Waals surface area contributed by atoms with Gasteiger partial charge in [0.25, 0.3) is 11.9 Å². The van der Waals surface area contributed by atoms with E-state index in [4.69, 9.17) is 0 Å². The molecule has 0 aliphatic carbocycles. The minimum atomic E-state index is -0.223. The zero-order chi connectivity index (χ0) is 18.1. The molecule has 2 amide bonds. The fourth-order valence-corrected chi connectivity index (χ4v) is 3.88. The summed E-state index contributed by atoms with van der Waals surface area (Å²) in [5, 5.41) is 13.6. The lowest BCUT2D eigenvalue weighted by atomic mass is 10.1. The summed E-state index contributed by atoms with van der Waals surface area (Å²) in [6.07, 6.45) is 0. The Balaban J connectivity index is 1.60. The number of nitrogens with zero attached hydrogens (tertiary/aromatic N) is 3. The molecule has 0 saturated heterocycles. The van der Waals surface area contributed by atoms with Gasteiger partial charge in [0.1, 0.15) is 0 Å². The van der Waals surface area contributed by atoms with E-state index in [2.05, 4.69) is 20.7 Å². The van der Waals surface area contributed by atoms with Crippen molar-refractivity contribution in [3.05, 3.63) is 52.0 Å². The first kappa shape index (κ1) is 16.4. The summed E-state index contributed by atoms with van der Waals surface area (Å²) in [7, 11) is 0. The molecule has 4 rings (SSSR count). The fraction of sp³-hybridized carbons (Fsp3) is 0.0588. The van der Waals surface area contributed by atoms with E-state index in [-0.39, 0.29) is 17.8 Å². The first-order chi connectivity index (χ1) is 12.6. The molecule has 9 heteroatoms. The van der Waals surface area contributed by atoms with Crippen molar-refractivity contribution in [1.82, 2.24) is 14.6 Å². The number of hydrogen-bond acceptors (Lipinski definition) is 6. The highest BCUT2D eigenvalue weighted by molar-refractivity contribution is 7.15. The van der Waals surface area contributed by atoms with Crippen molar-refractivity contribution >= 4 is 51.1 Å². The average molecular weight is 383 g/mol. The van der Waals surface area contributed by atoms with Gasteiger partial charge in [0.15, 0.2) is 0 Å². The second-order valence-corrected chi connectivity index (χ2v) is 7.22. The maximum Gasteiger partial charge on any atom is 0.268 e. The number of carbonyl (C=O) groups is 2. The lowest BCUT2D eigenvalue weighted by Crippen LogP contribution is -2.11. The first-order valence-electron chi connectivity index (χ1n) is 7.67. The van der Waals surface area contributed by atoms with Crippen molar-refractivity contribution < 1.29 is 9.59 Å². The molecule has 0 aliphatic rings. The summed E-state index contributed by atoms with van der Waals surface area (Å²) in [5.74, 6) is -0.0658. The molecule has 130 valence electrons. The molecule has 7 nitrogen and oxygen atoms in total. The van der Waals surface area contributed by atoms with E-state index in [1.807, 2.05) is 41.1 Å².